The Labute approximate surface area is 187 Å². The number of carbonyl (C=O) groups is 3. The first-order valence-electron chi connectivity index (χ1n) is 10.7. The summed E-state index contributed by atoms with van der Waals surface area (Å²) in [5.41, 5.74) is 0.985. The summed E-state index contributed by atoms with van der Waals surface area (Å²) in [5, 5.41) is 10.7. The number of rotatable bonds is 8. The summed E-state index contributed by atoms with van der Waals surface area (Å²) in [5.74, 6) is -0.0145. The third kappa shape index (κ3) is 6.90. The molecule has 0 aliphatic carbocycles. The Kier molecular flexibility index (Phi) is 8.20. The number of hydrogen-bond donors (Lipinski definition) is 3. The van der Waals surface area contributed by atoms with Gasteiger partial charge in [-0.1, -0.05) is 32.0 Å². The molecule has 1 saturated heterocycles. The maximum atomic E-state index is 12.6. The first kappa shape index (κ1) is 23.0. The molecule has 3 amide bonds. The van der Waals surface area contributed by atoms with Gasteiger partial charge in [0.05, 0.1) is 22.7 Å². The van der Waals surface area contributed by atoms with Crippen LogP contribution in [-0.2, 0) is 4.79 Å². The van der Waals surface area contributed by atoms with Crippen LogP contribution in [0.25, 0.3) is 0 Å². The summed E-state index contributed by atoms with van der Waals surface area (Å²) >= 11 is 1.43. The van der Waals surface area contributed by atoms with Crippen LogP contribution >= 0.6 is 11.3 Å². The lowest BCUT2D eigenvalue weighted by Crippen LogP contribution is -2.46. The number of likely N-dealkylation sites (tertiary alicyclic amines) is 1. The van der Waals surface area contributed by atoms with Crippen LogP contribution in [-0.4, -0.2) is 54.8 Å². The molecule has 31 heavy (non-hydrogen) atoms. The minimum absolute atomic E-state index is 0.0291. The number of para-hydroxylation sites is 1. The van der Waals surface area contributed by atoms with E-state index in [1.807, 2.05) is 31.4 Å². The van der Waals surface area contributed by atoms with Crippen LogP contribution < -0.4 is 16.0 Å². The second kappa shape index (κ2) is 11.1. The van der Waals surface area contributed by atoms with E-state index < -0.39 is 0 Å². The van der Waals surface area contributed by atoms with Gasteiger partial charge < -0.3 is 16.0 Å². The summed E-state index contributed by atoms with van der Waals surface area (Å²) in [6, 6.07) is 10.9. The van der Waals surface area contributed by atoms with Crippen molar-refractivity contribution in [3.63, 3.8) is 0 Å². The average molecular weight is 443 g/mol. The van der Waals surface area contributed by atoms with E-state index in [1.165, 1.54) is 11.3 Å². The standard InChI is InChI=1S/C23H30N4O3S/c1-16(2)14-24-22(29)18-6-3-4-7-19(18)26-21(28)15-27-11-9-17(10-12-27)25-23(30)20-8-5-13-31-20/h3-8,13,16-17H,9-12,14-15H2,1-2H3,(H,24,29)(H,25,30)(H,26,28). The summed E-state index contributed by atoms with van der Waals surface area (Å²) in [6.07, 6.45) is 1.61. The lowest BCUT2D eigenvalue weighted by molar-refractivity contribution is -0.117. The number of piperidine rings is 1. The molecule has 3 N–H and O–H groups in total. The molecule has 1 fully saturated rings. The molecule has 1 aromatic heterocycles. The van der Waals surface area contributed by atoms with E-state index in [9.17, 15) is 14.4 Å². The van der Waals surface area contributed by atoms with Gasteiger partial charge in [-0.2, -0.15) is 0 Å². The Hall–Kier alpha value is -2.71. The molecule has 7 nitrogen and oxygen atoms in total. The molecule has 3 rings (SSSR count). The fourth-order valence-corrected chi connectivity index (χ4v) is 4.10. The van der Waals surface area contributed by atoms with Crippen LogP contribution in [0.15, 0.2) is 41.8 Å². The molecule has 1 aromatic carbocycles. The predicted molar refractivity (Wildman–Crippen MR) is 123 cm³/mol. The van der Waals surface area contributed by atoms with Crippen molar-refractivity contribution in [2.24, 2.45) is 5.92 Å². The van der Waals surface area contributed by atoms with E-state index in [0.29, 0.717) is 23.7 Å². The van der Waals surface area contributed by atoms with E-state index in [0.717, 1.165) is 30.8 Å². The molecule has 0 spiro atoms. The second-order valence-corrected chi connectivity index (χ2v) is 9.15. The van der Waals surface area contributed by atoms with Crippen molar-refractivity contribution in [2.75, 3.05) is 31.5 Å². The Bertz CT molecular complexity index is 890. The molecule has 0 atom stereocenters. The highest BCUT2D eigenvalue weighted by Crippen LogP contribution is 2.17. The van der Waals surface area contributed by atoms with Gasteiger partial charge in [0.25, 0.3) is 11.8 Å². The van der Waals surface area contributed by atoms with E-state index >= 15 is 0 Å². The zero-order valence-electron chi connectivity index (χ0n) is 18.0. The van der Waals surface area contributed by atoms with Crippen molar-refractivity contribution in [3.05, 3.63) is 52.2 Å². The van der Waals surface area contributed by atoms with E-state index in [-0.39, 0.29) is 30.3 Å². The number of benzene rings is 1. The molecule has 166 valence electrons. The third-order valence-electron chi connectivity index (χ3n) is 5.15. The quantitative estimate of drug-likeness (QED) is 0.586. The summed E-state index contributed by atoms with van der Waals surface area (Å²) in [4.78, 5) is 40.0. The van der Waals surface area contributed by atoms with Crippen molar-refractivity contribution in [1.29, 1.82) is 0 Å². The Balaban J connectivity index is 1.46. The van der Waals surface area contributed by atoms with E-state index in [1.54, 1.807) is 24.3 Å². The third-order valence-corrected chi connectivity index (χ3v) is 6.02. The Morgan fingerprint density at radius 2 is 1.81 bits per heavy atom. The number of hydrogen-bond acceptors (Lipinski definition) is 5. The molecule has 1 aliphatic rings. The van der Waals surface area contributed by atoms with Crippen molar-refractivity contribution >= 4 is 34.7 Å². The molecule has 8 heteroatoms. The van der Waals surface area contributed by atoms with Gasteiger partial charge >= 0.3 is 0 Å². The number of nitrogens with one attached hydrogen (secondary N) is 3. The number of carbonyl (C=O) groups excluding carboxylic acids is 3. The topological polar surface area (TPSA) is 90.5 Å². The van der Waals surface area contributed by atoms with Gasteiger partial charge in [0.15, 0.2) is 0 Å². The van der Waals surface area contributed by atoms with Gasteiger partial charge in [0, 0.05) is 25.7 Å². The highest BCUT2D eigenvalue weighted by molar-refractivity contribution is 7.12. The van der Waals surface area contributed by atoms with Crippen molar-refractivity contribution in [1.82, 2.24) is 15.5 Å². The Morgan fingerprint density at radius 3 is 2.48 bits per heavy atom. The molecule has 1 aliphatic heterocycles. The maximum absolute atomic E-state index is 12.6. The van der Waals surface area contributed by atoms with Crippen LogP contribution in [0.3, 0.4) is 0 Å². The fourth-order valence-electron chi connectivity index (χ4n) is 3.47. The minimum atomic E-state index is -0.188. The van der Waals surface area contributed by atoms with Crippen LogP contribution in [0.5, 0.6) is 0 Å². The highest BCUT2D eigenvalue weighted by atomic mass is 32.1. The molecular formula is C23H30N4O3S. The molecule has 0 radical (unpaired) electrons. The summed E-state index contributed by atoms with van der Waals surface area (Å²) < 4.78 is 0. The Morgan fingerprint density at radius 1 is 1.06 bits per heavy atom. The monoisotopic (exact) mass is 442 g/mol. The van der Waals surface area contributed by atoms with E-state index in [4.69, 9.17) is 0 Å². The average Bonchev–Trinajstić information content (AvgIpc) is 3.29. The number of anilines is 1. The van der Waals surface area contributed by atoms with Gasteiger partial charge in [0.2, 0.25) is 5.91 Å². The fraction of sp³-hybridized carbons (Fsp3) is 0.435. The molecule has 2 aromatic rings. The van der Waals surface area contributed by atoms with Gasteiger partial charge in [0.1, 0.15) is 0 Å². The van der Waals surface area contributed by atoms with Crippen LogP contribution in [0.4, 0.5) is 5.69 Å². The van der Waals surface area contributed by atoms with Gasteiger partial charge in [-0.15, -0.1) is 11.3 Å². The summed E-state index contributed by atoms with van der Waals surface area (Å²) in [6.45, 7) is 6.38. The first-order valence-corrected chi connectivity index (χ1v) is 11.5. The zero-order chi connectivity index (χ0) is 22.2. The molecular weight excluding hydrogens is 412 g/mol. The lowest BCUT2D eigenvalue weighted by atomic mass is 10.0. The lowest BCUT2D eigenvalue weighted by Gasteiger charge is -2.31. The van der Waals surface area contributed by atoms with Gasteiger partial charge in [-0.25, -0.2) is 0 Å². The SMILES string of the molecule is CC(C)CNC(=O)c1ccccc1NC(=O)CN1CCC(NC(=O)c2cccs2)CC1. The largest absolute Gasteiger partial charge is 0.352 e. The van der Waals surface area contributed by atoms with Gasteiger partial charge in [-0.05, 0) is 42.3 Å². The number of nitrogens with zero attached hydrogens (tertiary/aromatic N) is 1. The second-order valence-electron chi connectivity index (χ2n) is 8.20. The van der Waals surface area contributed by atoms with E-state index in [2.05, 4.69) is 20.9 Å². The number of thiophene rings is 1. The first-order chi connectivity index (χ1) is 14.9. The van der Waals surface area contributed by atoms with Gasteiger partial charge in [-0.3, -0.25) is 19.3 Å². The van der Waals surface area contributed by atoms with Crippen molar-refractivity contribution in [3.8, 4) is 0 Å². The normalized spacial score (nSPS) is 14.9. The number of amides is 3. The van der Waals surface area contributed by atoms with Crippen molar-refractivity contribution < 1.29 is 14.4 Å². The molecule has 0 bridgehead atoms. The zero-order valence-corrected chi connectivity index (χ0v) is 18.8. The van der Waals surface area contributed by atoms with Crippen LogP contribution in [0, 0.1) is 5.92 Å². The van der Waals surface area contributed by atoms with Crippen LogP contribution in [0.1, 0.15) is 46.7 Å². The molecule has 0 unspecified atom stereocenters. The van der Waals surface area contributed by atoms with Crippen molar-refractivity contribution in [2.45, 2.75) is 32.7 Å². The molecule has 0 saturated carbocycles. The summed E-state index contributed by atoms with van der Waals surface area (Å²) in [7, 11) is 0. The smallest absolute Gasteiger partial charge is 0.261 e. The molecule has 2 heterocycles. The minimum Gasteiger partial charge on any atom is -0.352 e. The maximum Gasteiger partial charge on any atom is 0.261 e. The predicted octanol–water partition coefficient (Wildman–Crippen LogP) is 2.97. The highest BCUT2D eigenvalue weighted by Gasteiger charge is 2.23. The van der Waals surface area contributed by atoms with Crippen LogP contribution in [0.2, 0.25) is 0 Å².